The molecule has 0 atom stereocenters. The zero-order chi connectivity index (χ0) is 22.2. The molecule has 0 spiro atoms. The third-order valence-electron chi connectivity index (χ3n) is 4.70. The molecule has 4 aromatic rings. The van der Waals surface area contributed by atoms with Gasteiger partial charge in [0.15, 0.2) is 5.75 Å². The van der Waals surface area contributed by atoms with Crippen molar-refractivity contribution < 1.29 is 26.1 Å². The van der Waals surface area contributed by atoms with Crippen LogP contribution in [0.5, 0.6) is 11.5 Å². The Morgan fingerprint density at radius 1 is 0.935 bits per heavy atom. The van der Waals surface area contributed by atoms with Gasteiger partial charge in [0, 0.05) is 0 Å². The van der Waals surface area contributed by atoms with Crippen LogP contribution in [0.2, 0.25) is 0 Å². The van der Waals surface area contributed by atoms with Gasteiger partial charge in [-0.3, -0.25) is 0 Å². The molecule has 0 aliphatic heterocycles. The van der Waals surface area contributed by atoms with Crippen LogP contribution >= 0.6 is 0 Å². The van der Waals surface area contributed by atoms with Crippen LogP contribution in [0.1, 0.15) is 5.56 Å². The number of ether oxygens (including phenoxy) is 1. The fourth-order valence-corrected chi connectivity index (χ4v) is 4.06. The predicted molar refractivity (Wildman–Crippen MR) is 113 cm³/mol. The lowest BCUT2D eigenvalue weighted by Gasteiger charge is -2.14. The highest BCUT2D eigenvalue weighted by Gasteiger charge is 2.25. The van der Waals surface area contributed by atoms with Crippen molar-refractivity contribution >= 4 is 21.1 Å². The summed E-state index contributed by atoms with van der Waals surface area (Å²) in [6.45, 7) is 1.82. The standard InChI is InChI=1S/C23H17FO6S/c1-14-3-10-18(11-4-14)31(26,27)30-22-19-13-16(24)7-12-20(19)29-23(25)21(22)15-5-8-17(28-2)9-6-15/h3-13H,1-2H3. The van der Waals surface area contributed by atoms with E-state index in [0.717, 1.165) is 17.7 Å². The largest absolute Gasteiger partial charge is 0.497 e. The van der Waals surface area contributed by atoms with Crippen molar-refractivity contribution in [2.24, 2.45) is 0 Å². The zero-order valence-corrected chi connectivity index (χ0v) is 17.4. The third kappa shape index (κ3) is 4.02. The summed E-state index contributed by atoms with van der Waals surface area (Å²) in [5.41, 5.74) is 0.230. The van der Waals surface area contributed by atoms with Crippen molar-refractivity contribution in [1.29, 1.82) is 0 Å². The SMILES string of the molecule is COc1ccc(-c2c(OS(=O)(=O)c3ccc(C)cc3)c3cc(F)ccc3oc2=O)cc1. The van der Waals surface area contributed by atoms with Gasteiger partial charge in [-0.2, -0.15) is 8.42 Å². The number of fused-ring (bicyclic) bond motifs is 1. The van der Waals surface area contributed by atoms with Gasteiger partial charge >= 0.3 is 15.7 Å². The third-order valence-corrected chi connectivity index (χ3v) is 5.94. The van der Waals surface area contributed by atoms with Gasteiger partial charge in [0.2, 0.25) is 0 Å². The molecule has 4 rings (SSSR count). The number of methoxy groups -OCH3 is 1. The molecular formula is C23H17FO6S. The molecule has 0 saturated heterocycles. The maximum absolute atomic E-state index is 14.0. The lowest BCUT2D eigenvalue weighted by Crippen LogP contribution is -2.14. The Bertz CT molecular complexity index is 1420. The molecule has 3 aromatic carbocycles. The van der Waals surface area contributed by atoms with E-state index >= 15 is 0 Å². The summed E-state index contributed by atoms with van der Waals surface area (Å²) in [5, 5.41) is 0.0149. The Morgan fingerprint density at radius 3 is 2.26 bits per heavy atom. The Kier molecular flexibility index (Phi) is 5.24. The average Bonchev–Trinajstić information content (AvgIpc) is 2.75. The van der Waals surface area contributed by atoms with Gasteiger partial charge in [0.05, 0.1) is 12.5 Å². The first-order chi connectivity index (χ1) is 14.8. The van der Waals surface area contributed by atoms with E-state index in [1.54, 1.807) is 36.4 Å². The second-order valence-electron chi connectivity index (χ2n) is 6.81. The van der Waals surface area contributed by atoms with Crippen molar-refractivity contribution in [3.63, 3.8) is 0 Å². The fraction of sp³-hybridized carbons (Fsp3) is 0.0870. The summed E-state index contributed by atoms with van der Waals surface area (Å²) in [6.07, 6.45) is 0. The van der Waals surface area contributed by atoms with Crippen LogP contribution in [0.4, 0.5) is 4.39 Å². The van der Waals surface area contributed by atoms with Crippen molar-refractivity contribution in [1.82, 2.24) is 0 Å². The van der Waals surface area contributed by atoms with Gasteiger partial charge in [-0.15, -0.1) is 0 Å². The smallest absolute Gasteiger partial charge is 0.348 e. The molecule has 6 nitrogen and oxygen atoms in total. The van der Waals surface area contributed by atoms with Gasteiger partial charge in [-0.05, 0) is 55.0 Å². The maximum atomic E-state index is 14.0. The van der Waals surface area contributed by atoms with Crippen LogP contribution in [0.3, 0.4) is 0 Å². The molecule has 0 amide bonds. The van der Waals surface area contributed by atoms with Crippen LogP contribution in [-0.2, 0) is 10.1 Å². The van der Waals surface area contributed by atoms with Gasteiger partial charge < -0.3 is 13.3 Å². The summed E-state index contributed by atoms with van der Waals surface area (Å²) >= 11 is 0. The molecule has 0 saturated carbocycles. The van der Waals surface area contributed by atoms with Gasteiger partial charge in [-0.25, -0.2) is 9.18 Å². The Hall–Kier alpha value is -3.65. The monoisotopic (exact) mass is 440 g/mol. The van der Waals surface area contributed by atoms with E-state index in [4.69, 9.17) is 13.3 Å². The van der Waals surface area contributed by atoms with E-state index in [1.165, 1.54) is 25.3 Å². The number of aryl methyl sites for hydroxylation is 1. The molecule has 1 aromatic heterocycles. The van der Waals surface area contributed by atoms with E-state index in [1.807, 2.05) is 6.92 Å². The Morgan fingerprint density at radius 2 is 1.61 bits per heavy atom. The summed E-state index contributed by atoms with van der Waals surface area (Å²) in [6, 6.07) is 15.8. The number of benzene rings is 3. The Balaban J connectivity index is 1.97. The van der Waals surface area contributed by atoms with E-state index in [2.05, 4.69) is 0 Å². The van der Waals surface area contributed by atoms with Crippen LogP contribution in [0.25, 0.3) is 22.1 Å². The zero-order valence-electron chi connectivity index (χ0n) is 16.6. The first-order valence-corrected chi connectivity index (χ1v) is 10.6. The first-order valence-electron chi connectivity index (χ1n) is 9.20. The van der Waals surface area contributed by atoms with Crippen molar-refractivity contribution in [2.75, 3.05) is 7.11 Å². The first kappa shape index (κ1) is 20.6. The topological polar surface area (TPSA) is 82.8 Å². The summed E-state index contributed by atoms with van der Waals surface area (Å²) in [7, 11) is -2.83. The highest BCUT2D eigenvalue weighted by molar-refractivity contribution is 7.87. The molecule has 0 radical (unpaired) electrons. The quantitative estimate of drug-likeness (QED) is 0.331. The molecule has 158 valence electrons. The van der Waals surface area contributed by atoms with Crippen LogP contribution in [0, 0.1) is 12.7 Å². The second-order valence-corrected chi connectivity index (χ2v) is 8.36. The summed E-state index contributed by atoms with van der Waals surface area (Å²) < 4.78 is 55.8. The van der Waals surface area contributed by atoms with Gasteiger partial charge in [-0.1, -0.05) is 29.8 Å². The van der Waals surface area contributed by atoms with Crippen molar-refractivity contribution in [3.8, 4) is 22.6 Å². The van der Waals surface area contributed by atoms with E-state index in [9.17, 15) is 17.6 Å². The van der Waals surface area contributed by atoms with E-state index < -0.39 is 21.6 Å². The molecule has 0 aliphatic carbocycles. The molecular weight excluding hydrogens is 423 g/mol. The van der Waals surface area contributed by atoms with Crippen molar-refractivity contribution in [3.05, 3.63) is 88.5 Å². The molecule has 0 bridgehead atoms. The highest BCUT2D eigenvalue weighted by Crippen LogP contribution is 2.37. The normalized spacial score (nSPS) is 11.5. The summed E-state index contributed by atoms with van der Waals surface area (Å²) in [5.74, 6) is -0.411. The van der Waals surface area contributed by atoms with E-state index in [-0.39, 0.29) is 27.2 Å². The fourth-order valence-electron chi connectivity index (χ4n) is 3.10. The minimum Gasteiger partial charge on any atom is -0.497 e. The van der Waals surface area contributed by atoms with Crippen LogP contribution in [-0.4, -0.2) is 15.5 Å². The molecule has 0 N–H and O–H groups in total. The lowest BCUT2D eigenvalue weighted by molar-refractivity contribution is 0.415. The maximum Gasteiger partial charge on any atom is 0.348 e. The predicted octanol–water partition coefficient (Wildman–Crippen LogP) is 4.68. The highest BCUT2D eigenvalue weighted by atomic mass is 32.2. The molecule has 8 heteroatoms. The van der Waals surface area contributed by atoms with Gasteiger partial charge in [0.25, 0.3) is 0 Å². The number of rotatable bonds is 5. The second kappa shape index (κ2) is 7.88. The average molecular weight is 440 g/mol. The number of hydrogen-bond donors (Lipinski definition) is 0. The number of hydrogen-bond acceptors (Lipinski definition) is 6. The molecule has 0 fully saturated rings. The number of halogens is 1. The van der Waals surface area contributed by atoms with Crippen molar-refractivity contribution in [2.45, 2.75) is 11.8 Å². The van der Waals surface area contributed by atoms with Crippen LogP contribution < -0.4 is 14.5 Å². The summed E-state index contributed by atoms with van der Waals surface area (Å²) in [4.78, 5) is 12.7. The van der Waals surface area contributed by atoms with E-state index in [0.29, 0.717) is 11.3 Å². The van der Waals surface area contributed by atoms with Gasteiger partial charge in [0.1, 0.15) is 27.6 Å². The lowest BCUT2D eigenvalue weighted by atomic mass is 10.0. The minimum atomic E-state index is -4.32. The molecule has 1 heterocycles. The molecule has 0 unspecified atom stereocenters. The van der Waals surface area contributed by atoms with Crippen LogP contribution in [0.15, 0.2) is 80.8 Å². The molecule has 0 aliphatic rings. The minimum absolute atomic E-state index is 0.00207. The Labute approximate surface area is 177 Å². The molecule has 31 heavy (non-hydrogen) atoms.